The number of carbonyl (C=O) groups is 1. The molecule has 94 valence electrons. The number of ether oxygens (including phenoxy) is 1. The maximum atomic E-state index is 13.6. The number of rotatable bonds is 5. The summed E-state index contributed by atoms with van der Waals surface area (Å²) in [6, 6.07) is 6.00. The molecule has 2 unspecified atom stereocenters. The number of aliphatic carboxylic acids is 1. The van der Waals surface area contributed by atoms with Gasteiger partial charge in [0.05, 0.1) is 7.11 Å². The molecule has 5 heteroatoms. The number of methoxy groups -OCH3 is 1. The van der Waals surface area contributed by atoms with E-state index in [-0.39, 0.29) is 12.0 Å². The minimum absolute atomic E-state index is 0.0349. The Morgan fingerprint density at radius 3 is 2.35 bits per heavy atom. The van der Waals surface area contributed by atoms with Crippen molar-refractivity contribution in [3.63, 3.8) is 0 Å². The van der Waals surface area contributed by atoms with Crippen molar-refractivity contribution < 1.29 is 24.1 Å². The lowest BCUT2D eigenvalue weighted by Crippen LogP contribution is -2.41. The number of carboxylic acids is 1. The number of halogens is 1. The van der Waals surface area contributed by atoms with E-state index in [2.05, 4.69) is 0 Å². The normalized spacial score (nSPS) is 16.0. The summed E-state index contributed by atoms with van der Waals surface area (Å²) < 4.78 is 18.5. The molecule has 0 bridgehead atoms. The van der Waals surface area contributed by atoms with Crippen LogP contribution < -0.4 is 4.74 Å². The van der Waals surface area contributed by atoms with Gasteiger partial charge in [-0.2, -0.15) is 0 Å². The van der Waals surface area contributed by atoms with Crippen molar-refractivity contribution in [2.45, 2.75) is 25.1 Å². The maximum absolute atomic E-state index is 13.6. The number of hydrogen-bond donors (Lipinski definition) is 2. The second kappa shape index (κ2) is 5.14. The van der Waals surface area contributed by atoms with E-state index in [1.54, 1.807) is 12.1 Å². The fourth-order valence-electron chi connectivity index (χ4n) is 1.61. The van der Waals surface area contributed by atoms with E-state index in [9.17, 15) is 14.3 Å². The molecule has 0 saturated carbocycles. The predicted octanol–water partition coefficient (Wildman–Crippen LogP) is 1.72. The van der Waals surface area contributed by atoms with E-state index in [0.717, 1.165) is 0 Å². The maximum Gasteiger partial charge on any atom is 0.341 e. The molecule has 0 amide bonds. The summed E-state index contributed by atoms with van der Waals surface area (Å²) >= 11 is 0. The molecular formula is C12H15FO4. The van der Waals surface area contributed by atoms with Crippen LogP contribution in [0, 0.1) is 0 Å². The van der Waals surface area contributed by atoms with Gasteiger partial charge in [0.1, 0.15) is 11.4 Å². The van der Waals surface area contributed by atoms with Crippen molar-refractivity contribution in [1.29, 1.82) is 0 Å². The van der Waals surface area contributed by atoms with E-state index in [1.807, 2.05) is 0 Å². The average molecular weight is 242 g/mol. The van der Waals surface area contributed by atoms with Crippen LogP contribution in [0.2, 0.25) is 0 Å². The summed E-state index contributed by atoms with van der Waals surface area (Å²) in [6.07, 6.45) is -2.40. The number of carboxylic acid groups (broad SMARTS) is 1. The van der Waals surface area contributed by atoms with Gasteiger partial charge in [-0.05, 0) is 24.1 Å². The largest absolute Gasteiger partial charge is 0.497 e. The first-order chi connectivity index (χ1) is 7.95. The molecule has 0 radical (unpaired) electrons. The molecule has 0 aromatic heterocycles. The van der Waals surface area contributed by atoms with Gasteiger partial charge in [-0.25, -0.2) is 9.18 Å². The zero-order chi connectivity index (χ0) is 13.1. The van der Waals surface area contributed by atoms with E-state index in [0.29, 0.717) is 5.75 Å². The molecule has 0 aliphatic heterocycles. The van der Waals surface area contributed by atoms with Crippen LogP contribution in [0.25, 0.3) is 0 Å². The third-order valence-corrected chi connectivity index (χ3v) is 2.77. The van der Waals surface area contributed by atoms with Crippen LogP contribution in [-0.2, 0) is 10.4 Å². The highest BCUT2D eigenvalue weighted by molar-refractivity contribution is 5.74. The summed E-state index contributed by atoms with van der Waals surface area (Å²) in [6.45, 7) is 1.53. The van der Waals surface area contributed by atoms with Crippen molar-refractivity contribution in [1.82, 2.24) is 0 Å². The van der Waals surface area contributed by atoms with E-state index in [1.165, 1.54) is 26.2 Å². The lowest BCUT2D eigenvalue weighted by molar-refractivity contribution is -0.155. The summed E-state index contributed by atoms with van der Waals surface area (Å²) in [5.41, 5.74) is -1.80. The van der Waals surface area contributed by atoms with Gasteiger partial charge in [-0.15, -0.1) is 0 Å². The van der Waals surface area contributed by atoms with E-state index < -0.39 is 17.7 Å². The first-order valence-electron chi connectivity index (χ1n) is 5.19. The highest BCUT2D eigenvalue weighted by atomic mass is 19.1. The molecule has 0 aliphatic rings. The molecule has 0 aliphatic carbocycles. The van der Waals surface area contributed by atoms with Crippen LogP contribution >= 0.6 is 0 Å². The van der Waals surface area contributed by atoms with Crippen LogP contribution in [0.3, 0.4) is 0 Å². The second-order valence-electron chi connectivity index (χ2n) is 3.71. The van der Waals surface area contributed by atoms with Gasteiger partial charge in [-0.1, -0.05) is 19.1 Å². The highest BCUT2D eigenvalue weighted by Crippen LogP contribution is 2.32. The molecule has 0 saturated heterocycles. The Kier molecular flexibility index (Phi) is 4.07. The van der Waals surface area contributed by atoms with Gasteiger partial charge in [0.25, 0.3) is 0 Å². The Bertz CT molecular complexity index is 390. The highest BCUT2D eigenvalue weighted by Gasteiger charge is 2.42. The minimum atomic E-state index is -2.36. The molecule has 17 heavy (non-hydrogen) atoms. The average Bonchev–Trinajstić information content (AvgIpc) is 2.36. The molecular weight excluding hydrogens is 227 g/mol. The Morgan fingerprint density at radius 1 is 1.47 bits per heavy atom. The van der Waals surface area contributed by atoms with E-state index >= 15 is 0 Å². The van der Waals surface area contributed by atoms with E-state index in [4.69, 9.17) is 9.84 Å². The molecule has 1 aromatic carbocycles. The molecule has 2 N–H and O–H groups in total. The third kappa shape index (κ3) is 2.55. The van der Waals surface area contributed by atoms with Crippen LogP contribution in [0.5, 0.6) is 5.75 Å². The topological polar surface area (TPSA) is 66.8 Å². The predicted molar refractivity (Wildman–Crippen MR) is 59.7 cm³/mol. The van der Waals surface area contributed by atoms with Crippen molar-refractivity contribution in [3.05, 3.63) is 29.8 Å². The SMILES string of the molecule is CCC(O)(c1ccc(OC)cc1)C(F)C(=O)O. The van der Waals surface area contributed by atoms with Crippen molar-refractivity contribution in [3.8, 4) is 5.75 Å². The molecule has 0 heterocycles. The Hall–Kier alpha value is -1.62. The van der Waals surface area contributed by atoms with Crippen molar-refractivity contribution in [2.75, 3.05) is 7.11 Å². The summed E-state index contributed by atoms with van der Waals surface area (Å²) in [7, 11) is 1.48. The molecule has 2 atom stereocenters. The minimum Gasteiger partial charge on any atom is -0.497 e. The van der Waals surface area contributed by atoms with Crippen LogP contribution in [0.4, 0.5) is 4.39 Å². The van der Waals surface area contributed by atoms with Gasteiger partial charge in [-0.3, -0.25) is 0 Å². The van der Waals surface area contributed by atoms with Gasteiger partial charge in [0.15, 0.2) is 0 Å². The number of hydrogen-bond acceptors (Lipinski definition) is 3. The zero-order valence-electron chi connectivity index (χ0n) is 9.68. The van der Waals surface area contributed by atoms with Gasteiger partial charge >= 0.3 is 5.97 Å². The lowest BCUT2D eigenvalue weighted by atomic mass is 9.86. The smallest absolute Gasteiger partial charge is 0.341 e. The summed E-state index contributed by atoms with van der Waals surface area (Å²) in [5.74, 6) is -1.12. The Labute approximate surface area is 98.7 Å². The molecule has 1 rings (SSSR count). The van der Waals surface area contributed by atoms with Crippen LogP contribution in [0.1, 0.15) is 18.9 Å². The molecule has 0 spiro atoms. The summed E-state index contributed by atoms with van der Waals surface area (Å²) in [4.78, 5) is 10.6. The van der Waals surface area contributed by atoms with Gasteiger partial charge in [0.2, 0.25) is 6.17 Å². The number of benzene rings is 1. The number of alkyl halides is 1. The standard InChI is InChI=1S/C12H15FO4/c1-3-12(16,10(13)11(14)15)8-4-6-9(17-2)7-5-8/h4-7,10,16H,3H2,1-2H3,(H,14,15). The fourth-order valence-corrected chi connectivity index (χ4v) is 1.61. The third-order valence-electron chi connectivity index (χ3n) is 2.77. The number of aliphatic hydroxyl groups is 1. The molecule has 4 nitrogen and oxygen atoms in total. The van der Waals surface area contributed by atoms with Gasteiger partial charge in [0, 0.05) is 0 Å². The van der Waals surface area contributed by atoms with Crippen molar-refractivity contribution >= 4 is 5.97 Å². The van der Waals surface area contributed by atoms with Crippen molar-refractivity contribution in [2.24, 2.45) is 0 Å². The van der Waals surface area contributed by atoms with Crippen LogP contribution in [0.15, 0.2) is 24.3 Å². The van der Waals surface area contributed by atoms with Gasteiger partial charge < -0.3 is 14.9 Å². The Morgan fingerprint density at radius 2 is 2.00 bits per heavy atom. The quantitative estimate of drug-likeness (QED) is 0.825. The second-order valence-corrected chi connectivity index (χ2v) is 3.71. The fraction of sp³-hybridized carbons (Fsp3) is 0.417. The van der Waals surface area contributed by atoms with Crippen LogP contribution in [-0.4, -0.2) is 29.5 Å². The molecule has 1 aromatic rings. The zero-order valence-corrected chi connectivity index (χ0v) is 9.68. The first kappa shape index (κ1) is 13.4. The summed E-state index contributed by atoms with van der Waals surface area (Å²) in [5, 5.41) is 18.7. The first-order valence-corrected chi connectivity index (χ1v) is 5.19. The molecule has 0 fully saturated rings. The lowest BCUT2D eigenvalue weighted by Gasteiger charge is -2.28. The monoisotopic (exact) mass is 242 g/mol. The Balaban J connectivity index is 3.11.